The molecule has 3 amide bonds. The molecule has 196 valence electrons. The third-order valence-corrected chi connectivity index (χ3v) is 5.56. The molecule has 0 aliphatic heterocycles. The number of aliphatic carboxylic acids is 2. The number of imidazole rings is 1. The Kier molecular flexibility index (Phi) is 12.8. The number of carbonyl (C=O) groups is 5. The molecule has 0 fully saturated rings. The number of hydrogen-bond donors (Lipinski definition) is 7. The first-order chi connectivity index (χ1) is 16.4. The van der Waals surface area contributed by atoms with Crippen LogP contribution in [0, 0.1) is 5.92 Å². The van der Waals surface area contributed by atoms with E-state index >= 15 is 0 Å². The molecule has 0 saturated carbocycles. The molecule has 0 spiro atoms. The number of aromatic amines is 1. The van der Waals surface area contributed by atoms with Crippen molar-refractivity contribution in [2.45, 2.75) is 63.7 Å². The molecule has 8 N–H and O–H groups in total. The summed E-state index contributed by atoms with van der Waals surface area (Å²) in [6.45, 7) is 3.60. The van der Waals surface area contributed by atoms with Gasteiger partial charge < -0.3 is 36.9 Å². The lowest BCUT2D eigenvalue weighted by Gasteiger charge is -2.25. The Morgan fingerprint density at radius 2 is 1.63 bits per heavy atom. The van der Waals surface area contributed by atoms with Gasteiger partial charge in [-0.1, -0.05) is 13.8 Å². The van der Waals surface area contributed by atoms with Crippen LogP contribution in [0.4, 0.5) is 0 Å². The third-order valence-electron chi connectivity index (χ3n) is 4.92. The van der Waals surface area contributed by atoms with Crippen molar-refractivity contribution in [2.75, 3.05) is 12.0 Å². The average molecular weight is 515 g/mol. The van der Waals surface area contributed by atoms with Crippen molar-refractivity contribution in [2.24, 2.45) is 11.7 Å². The highest BCUT2D eigenvalue weighted by molar-refractivity contribution is 7.98. The van der Waals surface area contributed by atoms with Gasteiger partial charge in [-0.3, -0.25) is 19.2 Å². The van der Waals surface area contributed by atoms with Crippen LogP contribution in [0.5, 0.6) is 0 Å². The predicted octanol–water partition coefficient (Wildman–Crippen LogP) is -0.908. The van der Waals surface area contributed by atoms with E-state index in [0.717, 1.165) is 0 Å². The van der Waals surface area contributed by atoms with Gasteiger partial charge in [-0.15, -0.1) is 0 Å². The summed E-state index contributed by atoms with van der Waals surface area (Å²) >= 11 is 1.48. The first-order valence-electron chi connectivity index (χ1n) is 11.0. The standard InChI is InChI=1S/C21H34N6O7S/c1-11(2)6-16(21(33)34)27-19(31)14(7-12-9-23-10-24-12)26-20(32)15(8-17(28)29)25-18(30)13(22)4-5-35-3/h9-11,13-16H,4-8,22H2,1-3H3,(H,23,24)(H,25,30)(H,26,32)(H,27,31)(H,28,29)(H,33,34). The van der Waals surface area contributed by atoms with Crippen LogP contribution in [-0.2, 0) is 30.4 Å². The van der Waals surface area contributed by atoms with Crippen molar-refractivity contribution in [1.29, 1.82) is 0 Å². The van der Waals surface area contributed by atoms with E-state index in [2.05, 4.69) is 25.9 Å². The highest BCUT2D eigenvalue weighted by Crippen LogP contribution is 2.08. The fourth-order valence-electron chi connectivity index (χ4n) is 3.10. The Morgan fingerprint density at radius 1 is 1.03 bits per heavy atom. The third kappa shape index (κ3) is 11.2. The number of carbonyl (C=O) groups excluding carboxylic acids is 3. The van der Waals surface area contributed by atoms with E-state index in [9.17, 15) is 34.2 Å². The molecule has 0 aliphatic rings. The van der Waals surface area contributed by atoms with Gasteiger partial charge in [-0.25, -0.2) is 9.78 Å². The maximum absolute atomic E-state index is 12.9. The number of carboxylic acid groups (broad SMARTS) is 2. The maximum atomic E-state index is 12.9. The summed E-state index contributed by atoms with van der Waals surface area (Å²) < 4.78 is 0. The zero-order chi connectivity index (χ0) is 26.5. The van der Waals surface area contributed by atoms with Gasteiger partial charge in [0.05, 0.1) is 18.8 Å². The van der Waals surface area contributed by atoms with Gasteiger partial charge >= 0.3 is 11.9 Å². The van der Waals surface area contributed by atoms with Crippen molar-refractivity contribution in [3.05, 3.63) is 18.2 Å². The quantitative estimate of drug-likeness (QED) is 0.144. The van der Waals surface area contributed by atoms with Crippen molar-refractivity contribution < 1.29 is 34.2 Å². The van der Waals surface area contributed by atoms with Crippen LogP contribution in [0.1, 0.15) is 38.8 Å². The Balaban J connectivity index is 3.05. The van der Waals surface area contributed by atoms with Gasteiger partial charge in [0, 0.05) is 18.3 Å². The summed E-state index contributed by atoms with van der Waals surface area (Å²) in [5, 5.41) is 25.8. The number of nitrogens with one attached hydrogen (secondary N) is 4. The topological polar surface area (TPSA) is 217 Å². The molecule has 0 aliphatic carbocycles. The number of aromatic nitrogens is 2. The molecule has 1 aromatic heterocycles. The first-order valence-corrected chi connectivity index (χ1v) is 12.4. The number of nitrogens with zero attached hydrogens (tertiary/aromatic N) is 1. The van der Waals surface area contributed by atoms with E-state index in [1.54, 1.807) is 13.8 Å². The number of nitrogens with two attached hydrogens (primary N) is 1. The predicted molar refractivity (Wildman–Crippen MR) is 128 cm³/mol. The number of H-pyrrole nitrogens is 1. The van der Waals surface area contributed by atoms with Crippen molar-refractivity contribution in [1.82, 2.24) is 25.9 Å². The largest absolute Gasteiger partial charge is 0.481 e. The molecule has 1 heterocycles. The second-order valence-electron chi connectivity index (χ2n) is 8.42. The van der Waals surface area contributed by atoms with Crippen LogP contribution in [0.25, 0.3) is 0 Å². The van der Waals surface area contributed by atoms with Crippen molar-refractivity contribution in [3.8, 4) is 0 Å². The Hall–Kier alpha value is -3.13. The summed E-state index contributed by atoms with van der Waals surface area (Å²) in [6.07, 6.45) is 4.31. The molecule has 4 unspecified atom stereocenters. The first kappa shape index (κ1) is 29.9. The maximum Gasteiger partial charge on any atom is 0.326 e. The minimum Gasteiger partial charge on any atom is -0.481 e. The Labute approximate surface area is 207 Å². The number of amides is 3. The molecule has 35 heavy (non-hydrogen) atoms. The second kappa shape index (κ2) is 15.0. The van der Waals surface area contributed by atoms with E-state index < -0.39 is 60.2 Å². The van der Waals surface area contributed by atoms with Gasteiger partial charge in [0.2, 0.25) is 17.7 Å². The molecular formula is C21H34N6O7S. The highest BCUT2D eigenvalue weighted by Gasteiger charge is 2.32. The Bertz CT molecular complexity index is 864. The lowest BCUT2D eigenvalue weighted by molar-refractivity contribution is -0.143. The molecule has 1 aromatic rings. The molecule has 13 nitrogen and oxygen atoms in total. The van der Waals surface area contributed by atoms with Crippen molar-refractivity contribution in [3.63, 3.8) is 0 Å². The molecule has 0 bridgehead atoms. The normalized spacial score (nSPS) is 14.4. The van der Waals surface area contributed by atoms with Gasteiger partial charge in [0.15, 0.2) is 0 Å². The minimum absolute atomic E-state index is 0.0254. The second-order valence-corrected chi connectivity index (χ2v) is 9.40. The fourth-order valence-corrected chi connectivity index (χ4v) is 3.59. The summed E-state index contributed by atoms with van der Waals surface area (Å²) in [7, 11) is 0. The van der Waals surface area contributed by atoms with Gasteiger partial charge in [-0.05, 0) is 30.8 Å². The number of hydrogen-bond acceptors (Lipinski definition) is 8. The average Bonchev–Trinajstić information content (AvgIpc) is 3.28. The van der Waals surface area contributed by atoms with Gasteiger partial charge in [-0.2, -0.15) is 11.8 Å². The van der Waals surface area contributed by atoms with Crippen LogP contribution >= 0.6 is 11.8 Å². The fraction of sp³-hybridized carbons (Fsp3) is 0.619. The van der Waals surface area contributed by atoms with E-state index in [-0.39, 0.29) is 18.8 Å². The summed E-state index contributed by atoms with van der Waals surface area (Å²) in [5.74, 6) is -4.40. The van der Waals surface area contributed by atoms with Crippen LogP contribution in [0.15, 0.2) is 12.5 Å². The summed E-state index contributed by atoms with van der Waals surface area (Å²) in [4.78, 5) is 67.8. The summed E-state index contributed by atoms with van der Waals surface area (Å²) in [6, 6.07) is -4.89. The molecule has 1 rings (SSSR count). The number of carboxylic acids is 2. The van der Waals surface area contributed by atoms with Crippen LogP contribution < -0.4 is 21.7 Å². The van der Waals surface area contributed by atoms with Crippen molar-refractivity contribution >= 4 is 41.4 Å². The highest BCUT2D eigenvalue weighted by atomic mass is 32.2. The Morgan fingerprint density at radius 3 is 2.14 bits per heavy atom. The lowest BCUT2D eigenvalue weighted by atomic mass is 10.0. The summed E-state index contributed by atoms with van der Waals surface area (Å²) in [5.41, 5.74) is 6.28. The van der Waals surface area contributed by atoms with E-state index in [1.807, 2.05) is 6.26 Å². The monoisotopic (exact) mass is 514 g/mol. The van der Waals surface area contributed by atoms with E-state index in [4.69, 9.17) is 5.73 Å². The van der Waals surface area contributed by atoms with Crippen LogP contribution in [0.3, 0.4) is 0 Å². The van der Waals surface area contributed by atoms with Crippen LogP contribution in [-0.4, -0.2) is 86.0 Å². The van der Waals surface area contributed by atoms with E-state index in [1.165, 1.54) is 24.3 Å². The van der Waals surface area contributed by atoms with Gasteiger partial charge in [0.25, 0.3) is 0 Å². The molecular weight excluding hydrogens is 480 g/mol. The zero-order valence-electron chi connectivity index (χ0n) is 19.9. The van der Waals surface area contributed by atoms with E-state index in [0.29, 0.717) is 17.9 Å². The minimum atomic E-state index is -1.50. The zero-order valence-corrected chi connectivity index (χ0v) is 20.8. The lowest BCUT2D eigenvalue weighted by Crippen LogP contribution is -2.58. The number of rotatable bonds is 16. The number of thioether (sulfide) groups is 1. The molecule has 0 aromatic carbocycles. The SMILES string of the molecule is CSCCC(N)C(=O)NC(CC(=O)O)C(=O)NC(Cc1cnc[nH]1)C(=O)NC(CC(C)C)C(=O)O. The van der Waals surface area contributed by atoms with Gasteiger partial charge in [0.1, 0.15) is 18.1 Å². The molecule has 0 radical (unpaired) electrons. The smallest absolute Gasteiger partial charge is 0.326 e. The molecule has 4 atom stereocenters. The van der Waals surface area contributed by atoms with Crippen LogP contribution in [0.2, 0.25) is 0 Å². The molecule has 0 saturated heterocycles. The molecule has 14 heteroatoms.